The highest BCUT2D eigenvalue weighted by Gasteiger charge is 2.76. The van der Waals surface area contributed by atoms with Crippen molar-refractivity contribution in [2.45, 2.75) is 110 Å². The number of amides is 3. The van der Waals surface area contributed by atoms with Crippen molar-refractivity contribution in [2.75, 3.05) is 19.7 Å². The molecule has 0 aromatic rings. The monoisotopic (exact) mass is 665 g/mol. The molecule has 4 rings (SSSR count). The normalized spacial score (nSPS) is 33.8. The molecule has 7 atom stereocenters. The molecule has 1 spiro atoms. The summed E-state index contributed by atoms with van der Waals surface area (Å²) in [6.45, 7) is 15.9. The molecule has 240 valence electrons. The molecule has 4 aliphatic heterocycles. The van der Waals surface area contributed by atoms with Crippen LogP contribution in [-0.4, -0.2) is 93.7 Å². The van der Waals surface area contributed by atoms with Crippen molar-refractivity contribution in [1.82, 2.24) is 15.1 Å². The number of hydrogen-bond acceptors (Lipinski definition) is 7. The van der Waals surface area contributed by atoms with Crippen LogP contribution in [0, 0.1) is 23.2 Å². The number of likely N-dealkylation sites (tertiary alicyclic amines) is 1. The maximum atomic E-state index is 15.1. The fraction of sp³-hybridized carbons (Fsp3) is 0.750. The number of halogens is 1. The van der Waals surface area contributed by atoms with Crippen LogP contribution in [0.5, 0.6) is 0 Å². The molecule has 2 N–H and O–H groups in total. The molecule has 2 fully saturated rings. The highest BCUT2D eigenvalue weighted by atomic mass is 79.9. The number of fused-ring (bicyclic) bond motifs is 2. The van der Waals surface area contributed by atoms with Crippen molar-refractivity contribution < 1.29 is 33.8 Å². The molecular weight excluding hydrogens is 618 g/mol. The van der Waals surface area contributed by atoms with Gasteiger partial charge in [0.15, 0.2) is 0 Å². The number of esters is 1. The molecule has 0 aromatic heterocycles. The summed E-state index contributed by atoms with van der Waals surface area (Å²) in [5, 5.41) is 13.4. The van der Waals surface area contributed by atoms with E-state index in [2.05, 4.69) is 42.0 Å². The van der Waals surface area contributed by atoms with Gasteiger partial charge in [-0.1, -0.05) is 62.7 Å². The molecule has 4 aliphatic rings. The van der Waals surface area contributed by atoms with Crippen molar-refractivity contribution in [3.63, 3.8) is 0 Å². The SMILES string of the molecule is CC(C)[C@H](CO)N1C(=O)[C@H]2[C@@H]3C(=O)O[C@H](C)CNC(=O)CC/C=C\CN(C(C)(C)CC(C)(C)C)C(=O)[C@H]1[C@@]21C=C(Br)[C@@H]3O1. The third kappa shape index (κ3) is 6.31. The standard InChI is InChI=1S/C32H48BrN3O7/c1-18(2)21(16-37)36-26-28(40)35(31(7,8)17-30(4,5)6)13-11-9-10-12-22(38)34-15-19(3)42-29(41)23-24(27(36)39)32(26)14-20(33)25(23)43-32/h9,11,14,18-19,21,23-26,37H,10,12-13,15-17H2,1-8H3,(H,34,38)/b11-9-/t19-,21+,23+,24-,25+,26+,32-/m1/s1. The molecule has 11 heteroatoms. The number of ether oxygens (including phenoxy) is 2. The van der Waals surface area contributed by atoms with Crippen LogP contribution in [0.4, 0.5) is 0 Å². The Balaban J connectivity index is 1.90. The van der Waals surface area contributed by atoms with Gasteiger partial charge in [0.05, 0.1) is 25.1 Å². The molecule has 5 bridgehead atoms. The van der Waals surface area contributed by atoms with E-state index in [-0.39, 0.29) is 49.3 Å². The second kappa shape index (κ2) is 12.3. The first-order chi connectivity index (χ1) is 19.9. The van der Waals surface area contributed by atoms with Gasteiger partial charge >= 0.3 is 5.97 Å². The van der Waals surface area contributed by atoms with Gasteiger partial charge in [0, 0.05) is 23.0 Å². The van der Waals surface area contributed by atoms with E-state index in [1.807, 2.05) is 39.8 Å². The van der Waals surface area contributed by atoms with E-state index in [0.29, 0.717) is 17.3 Å². The maximum absolute atomic E-state index is 15.1. The van der Waals surface area contributed by atoms with Gasteiger partial charge in [0.25, 0.3) is 0 Å². The van der Waals surface area contributed by atoms with Crippen LogP contribution >= 0.6 is 15.9 Å². The second-order valence-corrected chi connectivity index (χ2v) is 15.5. The number of aliphatic hydroxyl groups excluding tert-OH is 1. The molecule has 0 radical (unpaired) electrons. The lowest BCUT2D eigenvalue weighted by Gasteiger charge is -2.46. The van der Waals surface area contributed by atoms with Crippen molar-refractivity contribution >= 4 is 39.6 Å². The zero-order valence-corrected chi connectivity index (χ0v) is 28.3. The minimum absolute atomic E-state index is 0.118. The van der Waals surface area contributed by atoms with Gasteiger partial charge < -0.3 is 29.7 Å². The average molecular weight is 667 g/mol. The number of carbonyl (C=O) groups is 4. The molecule has 0 aromatic carbocycles. The Hall–Kier alpha value is -2.24. The highest BCUT2D eigenvalue weighted by Crippen LogP contribution is 2.59. The quantitative estimate of drug-likeness (QED) is 0.341. The fourth-order valence-corrected chi connectivity index (χ4v) is 8.27. The lowest BCUT2D eigenvalue weighted by molar-refractivity contribution is -0.160. The van der Waals surface area contributed by atoms with E-state index in [1.165, 1.54) is 4.90 Å². The Morgan fingerprint density at radius 3 is 2.40 bits per heavy atom. The van der Waals surface area contributed by atoms with Crippen LogP contribution in [0.2, 0.25) is 0 Å². The number of aliphatic hydroxyl groups is 1. The van der Waals surface area contributed by atoms with Crippen LogP contribution in [0.3, 0.4) is 0 Å². The number of cyclic esters (lactones) is 1. The predicted molar refractivity (Wildman–Crippen MR) is 165 cm³/mol. The van der Waals surface area contributed by atoms with Crippen molar-refractivity contribution in [3.05, 3.63) is 22.7 Å². The lowest BCUT2D eigenvalue weighted by Crippen LogP contribution is -2.63. The number of carbonyl (C=O) groups excluding carboxylic acids is 4. The molecule has 2 saturated heterocycles. The summed E-state index contributed by atoms with van der Waals surface area (Å²) in [4.78, 5) is 59.0. The summed E-state index contributed by atoms with van der Waals surface area (Å²) >= 11 is 3.57. The predicted octanol–water partition coefficient (Wildman–Crippen LogP) is 3.32. The molecule has 10 nitrogen and oxygen atoms in total. The third-order valence-corrected chi connectivity index (χ3v) is 9.72. The molecule has 3 amide bonds. The largest absolute Gasteiger partial charge is 0.460 e. The van der Waals surface area contributed by atoms with Crippen LogP contribution in [0.15, 0.2) is 22.7 Å². The Morgan fingerprint density at radius 2 is 1.79 bits per heavy atom. The van der Waals surface area contributed by atoms with Gasteiger partial charge in [-0.15, -0.1) is 0 Å². The Morgan fingerprint density at radius 1 is 1.12 bits per heavy atom. The number of allylic oxidation sites excluding steroid dienone is 1. The van der Waals surface area contributed by atoms with E-state index >= 15 is 4.79 Å². The number of rotatable bonds is 5. The zero-order chi connectivity index (χ0) is 32.1. The molecule has 0 saturated carbocycles. The van der Waals surface area contributed by atoms with Gasteiger partial charge in [-0.3, -0.25) is 19.2 Å². The van der Waals surface area contributed by atoms with Crippen molar-refractivity contribution in [2.24, 2.45) is 23.2 Å². The molecule has 0 unspecified atom stereocenters. The second-order valence-electron chi connectivity index (χ2n) is 14.6. The summed E-state index contributed by atoms with van der Waals surface area (Å²) in [6.07, 6.45) is 5.54. The van der Waals surface area contributed by atoms with Crippen LogP contribution in [-0.2, 0) is 28.7 Å². The van der Waals surface area contributed by atoms with Gasteiger partial charge in [0.1, 0.15) is 29.8 Å². The van der Waals surface area contributed by atoms with Crippen molar-refractivity contribution in [1.29, 1.82) is 0 Å². The average Bonchev–Trinajstić information content (AvgIpc) is 3.46. The molecule has 43 heavy (non-hydrogen) atoms. The number of nitrogens with zero attached hydrogens (tertiary/aromatic N) is 2. The smallest absolute Gasteiger partial charge is 0.313 e. The van der Waals surface area contributed by atoms with E-state index < -0.39 is 59.1 Å². The first-order valence-electron chi connectivity index (χ1n) is 15.4. The fourth-order valence-electron chi connectivity index (χ4n) is 7.54. The number of nitrogens with one attached hydrogen (secondary N) is 1. The zero-order valence-electron chi connectivity index (χ0n) is 26.7. The molecule has 4 heterocycles. The molecular formula is C32H48BrN3O7. The topological polar surface area (TPSA) is 125 Å². The van der Waals surface area contributed by atoms with Gasteiger partial charge in [0.2, 0.25) is 17.7 Å². The lowest BCUT2D eigenvalue weighted by atomic mass is 9.74. The van der Waals surface area contributed by atoms with E-state index in [0.717, 1.165) is 0 Å². The highest BCUT2D eigenvalue weighted by molar-refractivity contribution is 9.11. The first-order valence-corrected chi connectivity index (χ1v) is 16.2. The van der Waals surface area contributed by atoms with Crippen LogP contribution in [0.1, 0.15) is 74.7 Å². The van der Waals surface area contributed by atoms with Crippen LogP contribution in [0.25, 0.3) is 0 Å². The van der Waals surface area contributed by atoms with Gasteiger partial charge in [-0.05, 0) is 51.0 Å². The Kier molecular flexibility index (Phi) is 9.61. The van der Waals surface area contributed by atoms with E-state index in [4.69, 9.17) is 9.47 Å². The summed E-state index contributed by atoms with van der Waals surface area (Å²) in [6, 6.07) is -1.78. The maximum Gasteiger partial charge on any atom is 0.313 e. The van der Waals surface area contributed by atoms with Crippen molar-refractivity contribution in [3.8, 4) is 0 Å². The summed E-state index contributed by atoms with van der Waals surface area (Å²) in [5.41, 5.74) is -2.18. The minimum Gasteiger partial charge on any atom is -0.460 e. The minimum atomic E-state index is -1.42. The van der Waals surface area contributed by atoms with Gasteiger partial charge in [-0.25, -0.2) is 0 Å². The summed E-state index contributed by atoms with van der Waals surface area (Å²) < 4.78 is 12.9. The Labute approximate surface area is 263 Å². The van der Waals surface area contributed by atoms with Crippen LogP contribution < -0.4 is 5.32 Å². The Bertz CT molecular complexity index is 1190. The van der Waals surface area contributed by atoms with E-state index in [9.17, 15) is 19.5 Å². The molecule has 0 aliphatic carbocycles. The summed E-state index contributed by atoms with van der Waals surface area (Å²) in [7, 11) is 0. The summed E-state index contributed by atoms with van der Waals surface area (Å²) in [5.74, 6) is -3.68. The first kappa shape index (κ1) is 33.6. The van der Waals surface area contributed by atoms with Gasteiger partial charge in [-0.2, -0.15) is 0 Å². The third-order valence-electron chi connectivity index (χ3n) is 9.04. The number of hydrogen-bond donors (Lipinski definition) is 2. The van der Waals surface area contributed by atoms with E-state index in [1.54, 1.807) is 17.9 Å².